The molecule has 0 aliphatic rings. The van der Waals surface area contributed by atoms with Crippen molar-refractivity contribution in [2.75, 3.05) is 0 Å². The number of amides is 1. The molecule has 6 heteroatoms. The molecule has 0 spiro atoms. The first-order chi connectivity index (χ1) is 13.1. The van der Waals surface area contributed by atoms with Crippen LogP contribution in [0.5, 0.6) is 11.5 Å². The molecule has 1 heterocycles. The summed E-state index contributed by atoms with van der Waals surface area (Å²) in [6, 6.07) is 20.0. The van der Waals surface area contributed by atoms with Crippen LogP contribution in [0.2, 0.25) is 5.02 Å². The lowest BCUT2D eigenvalue weighted by Gasteiger charge is -2.04. The number of hydrogen-bond donors (Lipinski definition) is 1. The van der Waals surface area contributed by atoms with Gasteiger partial charge in [0.25, 0.3) is 0 Å². The molecule has 0 saturated carbocycles. The van der Waals surface area contributed by atoms with E-state index in [1.165, 1.54) is 0 Å². The number of aromatic nitrogens is 1. The minimum absolute atomic E-state index is 0.208. The highest BCUT2D eigenvalue weighted by Gasteiger charge is 2.10. The minimum Gasteiger partial charge on any atom is -0.457 e. The summed E-state index contributed by atoms with van der Waals surface area (Å²) in [5.74, 6) is 1.46. The van der Waals surface area contributed by atoms with Crippen molar-refractivity contribution in [3.63, 3.8) is 0 Å². The predicted molar refractivity (Wildman–Crippen MR) is 104 cm³/mol. The van der Waals surface area contributed by atoms with E-state index in [1.807, 2.05) is 36.4 Å². The lowest BCUT2D eigenvalue weighted by molar-refractivity contribution is -0.117. The molecule has 0 saturated heterocycles. The Labute approximate surface area is 160 Å². The summed E-state index contributed by atoms with van der Waals surface area (Å²) < 4.78 is 11.7. The van der Waals surface area contributed by atoms with Crippen LogP contribution < -0.4 is 10.5 Å². The highest BCUT2D eigenvalue weighted by atomic mass is 35.5. The molecule has 0 radical (unpaired) electrons. The van der Waals surface area contributed by atoms with Gasteiger partial charge in [0.15, 0.2) is 5.58 Å². The highest BCUT2D eigenvalue weighted by Crippen LogP contribution is 2.30. The Morgan fingerprint density at radius 3 is 2.41 bits per heavy atom. The van der Waals surface area contributed by atoms with E-state index in [0.29, 0.717) is 28.0 Å². The van der Waals surface area contributed by atoms with Gasteiger partial charge in [0.2, 0.25) is 11.8 Å². The van der Waals surface area contributed by atoms with E-state index >= 15 is 0 Å². The van der Waals surface area contributed by atoms with Crippen molar-refractivity contribution in [1.29, 1.82) is 0 Å². The van der Waals surface area contributed by atoms with E-state index in [9.17, 15) is 4.79 Å². The van der Waals surface area contributed by atoms with Crippen LogP contribution in [0, 0.1) is 0 Å². The number of benzene rings is 3. The molecule has 27 heavy (non-hydrogen) atoms. The normalized spacial score (nSPS) is 10.9. The molecule has 1 aromatic heterocycles. The number of primary amides is 1. The summed E-state index contributed by atoms with van der Waals surface area (Å²) in [6.45, 7) is 0. The van der Waals surface area contributed by atoms with Crippen molar-refractivity contribution in [3.05, 3.63) is 77.3 Å². The number of fused-ring (bicyclic) bond motifs is 1. The maximum Gasteiger partial charge on any atom is 0.227 e. The summed E-state index contributed by atoms with van der Waals surface area (Å²) in [7, 11) is 0. The topological polar surface area (TPSA) is 78.4 Å². The summed E-state index contributed by atoms with van der Waals surface area (Å²) in [6.07, 6.45) is 0.208. The van der Waals surface area contributed by atoms with E-state index in [4.69, 9.17) is 26.5 Å². The van der Waals surface area contributed by atoms with Crippen LogP contribution in [0.3, 0.4) is 0 Å². The molecule has 0 atom stereocenters. The second kappa shape index (κ2) is 7.13. The van der Waals surface area contributed by atoms with Gasteiger partial charge in [-0.25, -0.2) is 4.98 Å². The fourth-order valence-corrected chi connectivity index (χ4v) is 2.82. The molecule has 0 aliphatic carbocycles. The van der Waals surface area contributed by atoms with E-state index < -0.39 is 0 Å². The monoisotopic (exact) mass is 378 g/mol. The van der Waals surface area contributed by atoms with Crippen LogP contribution >= 0.6 is 11.6 Å². The van der Waals surface area contributed by atoms with Gasteiger partial charge in [0, 0.05) is 16.7 Å². The Morgan fingerprint density at radius 1 is 1.00 bits per heavy atom. The minimum atomic E-state index is -0.363. The van der Waals surface area contributed by atoms with Crippen LogP contribution in [0.25, 0.3) is 22.6 Å². The summed E-state index contributed by atoms with van der Waals surface area (Å²) >= 11 is 5.89. The average molecular weight is 379 g/mol. The predicted octanol–water partition coefficient (Wildman–Crippen LogP) is 4.97. The fraction of sp³-hybridized carbons (Fsp3) is 0.0476. The first-order valence-corrected chi connectivity index (χ1v) is 8.66. The maximum absolute atomic E-state index is 11.0. The second-order valence-electron chi connectivity index (χ2n) is 6.04. The van der Waals surface area contributed by atoms with Gasteiger partial charge in [0.05, 0.1) is 6.42 Å². The van der Waals surface area contributed by atoms with Gasteiger partial charge in [-0.1, -0.05) is 23.7 Å². The van der Waals surface area contributed by atoms with Crippen molar-refractivity contribution < 1.29 is 13.9 Å². The molecule has 0 unspecified atom stereocenters. The maximum atomic E-state index is 11.0. The van der Waals surface area contributed by atoms with Crippen LogP contribution in [0.4, 0.5) is 0 Å². The number of carbonyl (C=O) groups excluding carboxylic acids is 1. The van der Waals surface area contributed by atoms with Crippen molar-refractivity contribution in [1.82, 2.24) is 4.98 Å². The van der Waals surface area contributed by atoms with Gasteiger partial charge in [0.1, 0.15) is 17.0 Å². The second-order valence-corrected chi connectivity index (χ2v) is 6.48. The molecule has 0 fully saturated rings. The van der Waals surface area contributed by atoms with Crippen LogP contribution in [0.1, 0.15) is 5.56 Å². The van der Waals surface area contributed by atoms with Gasteiger partial charge < -0.3 is 14.9 Å². The van der Waals surface area contributed by atoms with Crippen molar-refractivity contribution in [2.24, 2.45) is 5.73 Å². The van der Waals surface area contributed by atoms with Gasteiger partial charge in [-0.3, -0.25) is 4.79 Å². The Bertz CT molecular complexity index is 1100. The average Bonchev–Trinajstić information content (AvgIpc) is 3.07. The molecule has 1 amide bonds. The van der Waals surface area contributed by atoms with Gasteiger partial charge >= 0.3 is 0 Å². The van der Waals surface area contributed by atoms with Crippen molar-refractivity contribution in [2.45, 2.75) is 6.42 Å². The molecule has 0 bridgehead atoms. The number of carbonyl (C=O) groups is 1. The lowest BCUT2D eigenvalue weighted by Crippen LogP contribution is -2.13. The van der Waals surface area contributed by atoms with Crippen molar-refractivity contribution in [3.8, 4) is 23.0 Å². The Hall–Kier alpha value is -3.31. The molecule has 0 aliphatic heterocycles. The zero-order chi connectivity index (χ0) is 18.8. The number of nitrogens with two attached hydrogens (primary N) is 1. The number of halogens is 1. The third-order valence-corrected chi connectivity index (χ3v) is 4.24. The summed E-state index contributed by atoms with van der Waals surface area (Å²) in [5.41, 5.74) is 8.23. The van der Waals surface area contributed by atoms with Gasteiger partial charge in [-0.05, 0) is 54.1 Å². The molecular formula is C21H15ClN2O3. The highest BCUT2D eigenvalue weighted by molar-refractivity contribution is 6.30. The molecule has 134 valence electrons. The zero-order valence-electron chi connectivity index (χ0n) is 14.2. The number of ether oxygens (including phenoxy) is 1. The Balaban J connectivity index is 1.58. The number of rotatable bonds is 5. The lowest BCUT2D eigenvalue weighted by atomic mass is 10.1. The van der Waals surface area contributed by atoms with Crippen LogP contribution in [-0.4, -0.2) is 10.9 Å². The largest absolute Gasteiger partial charge is 0.457 e. The summed E-state index contributed by atoms with van der Waals surface area (Å²) in [5, 5.41) is 0.652. The molecule has 4 aromatic rings. The van der Waals surface area contributed by atoms with E-state index in [1.54, 1.807) is 30.3 Å². The fourth-order valence-electron chi connectivity index (χ4n) is 2.70. The Morgan fingerprint density at radius 2 is 1.70 bits per heavy atom. The molecule has 5 nitrogen and oxygen atoms in total. The van der Waals surface area contributed by atoms with E-state index in [2.05, 4.69) is 4.98 Å². The number of nitrogens with zero attached hydrogens (tertiary/aromatic N) is 1. The SMILES string of the molecule is NC(=O)Cc1ccc(-c2nc3ccc(Oc4ccc(Cl)cc4)cc3o2)cc1. The van der Waals surface area contributed by atoms with Crippen LogP contribution in [0.15, 0.2) is 71.1 Å². The first-order valence-electron chi connectivity index (χ1n) is 8.28. The zero-order valence-corrected chi connectivity index (χ0v) is 14.9. The molecular weight excluding hydrogens is 364 g/mol. The molecule has 3 aromatic carbocycles. The first kappa shape index (κ1) is 17.1. The third kappa shape index (κ3) is 3.93. The molecule has 4 rings (SSSR count). The van der Waals surface area contributed by atoms with Crippen LogP contribution in [-0.2, 0) is 11.2 Å². The summed E-state index contributed by atoms with van der Waals surface area (Å²) in [4.78, 5) is 15.5. The number of oxazole rings is 1. The Kier molecular flexibility index (Phi) is 4.52. The molecule has 2 N–H and O–H groups in total. The quantitative estimate of drug-likeness (QED) is 0.532. The standard InChI is InChI=1S/C21H15ClN2O3/c22-15-5-7-16(8-6-15)26-17-9-10-18-19(12-17)27-21(24-18)14-3-1-13(2-4-14)11-20(23)25/h1-10,12H,11H2,(H2,23,25). The van der Waals surface area contributed by atoms with Gasteiger partial charge in [-0.15, -0.1) is 0 Å². The number of hydrogen-bond acceptors (Lipinski definition) is 4. The van der Waals surface area contributed by atoms with E-state index in [-0.39, 0.29) is 12.3 Å². The van der Waals surface area contributed by atoms with Gasteiger partial charge in [-0.2, -0.15) is 0 Å². The smallest absolute Gasteiger partial charge is 0.227 e. The van der Waals surface area contributed by atoms with E-state index in [0.717, 1.165) is 16.6 Å². The third-order valence-electron chi connectivity index (χ3n) is 3.99. The van der Waals surface area contributed by atoms with Crippen molar-refractivity contribution >= 4 is 28.6 Å².